The molecule has 1 amide bonds. The molecule has 0 spiro atoms. The summed E-state index contributed by atoms with van der Waals surface area (Å²) in [6.07, 6.45) is 11.5. The average molecular weight is 405 g/mol. The highest BCUT2D eigenvalue weighted by atomic mass is 16.2. The Morgan fingerprint density at radius 2 is 1.80 bits per heavy atom. The van der Waals surface area contributed by atoms with Crippen molar-refractivity contribution in [2.75, 3.05) is 0 Å². The molecule has 0 aromatic carbocycles. The van der Waals surface area contributed by atoms with Gasteiger partial charge < -0.3 is 9.72 Å². The van der Waals surface area contributed by atoms with Crippen LogP contribution in [0.25, 0.3) is 16.7 Å². The van der Waals surface area contributed by atoms with Crippen molar-refractivity contribution in [2.24, 2.45) is 23.2 Å². The first-order valence-corrected chi connectivity index (χ1v) is 11.3. The highest BCUT2D eigenvalue weighted by Gasteiger charge is 2.53. The van der Waals surface area contributed by atoms with Gasteiger partial charge in [-0.2, -0.15) is 0 Å². The van der Waals surface area contributed by atoms with Gasteiger partial charge in [0.05, 0.1) is 5.52 Å². The molecule has 4 fully saturated rings. The Hall–Kier alpha value is -2.63. The van der Waals surface area contributed by atoms with Gasteiger partial charge in [0, 0.05) is 18.4 Å². The van der Waals surface area contributed by atoms with Crippen molar-refractivity contribution in [1.29, 1.82) is 0 Å². The van der Waals surface area contributed by atoms with Gasteiger partial charge in [-0.1, -0.05) is 0 Å². The van der Waals surface area contributed by atoms with Gasteiger partial charge in [-0.25, -0.2) is 4.98 Å². The van der Waals surface area contributed by atoms with Crippen molar-refractivity contribution in [3.63, 3.8) is 0 Å². The van der Waals surface area contributed by atoms with E-state index in [0.717, 1.165) is 23.3 Å². The summed E-state index contributed by atoms with van der Waals surface area (Å²) in [7, 11) is 0. The van der Waals surface area contributed by atoms with Crippen molar-refractivity contribution in [3.05, 3.63) is 47.0 Å². The molecular formula is C24H28N4O2. The average Bonchev–Trinajstić information content (AvgIpc) is 3.20. The molecule has 156 valence electrons. The summed E-state index contributed by atoms with van der Waals surface area (Å²) in [5, 5.41) is 3.29. The zero-order valence-corrected chi connectivity index (χ0v) is 17.4. The van der Waals surface area contributed by atoms with E-state index < -0.39 is 0 Å². The normalized spacial score (nSPS) is 30.8. The summed E-state index contributed by atoms with van der Waals surface area (Å²) >= 11 is 0. The quantitative estimate of drug-likeness (QED) is 0.725. The molecule has 3 aromatic rings. The lowest BCUT2D eigenvalue weighted by atomic mass is 9.48. The van der Waals surface area contributed by atoms with Gasteiger partial charge in [0.1, 0.15) is 12.1 Å². The molecule has 4 aliphatic rings. The van der Waals surface area contributed by atoms with Crippen molar-refractivity contribution >= 4 is 22.6 Å². The van der Waals surface area contributed by atoms with Crippen LogP contribution >= 0.6 is 0 Å². The van der Waals surface area contributed by atoms with Gasteiger partial charge in [0.25, 0.3) is 5.56 Å². The van der Waals surface area contributed by atoms with Crippen LogP contribution in [0.15, 0.2) is 41.5 Å². The van der Waals surface area contributed by atoms with Crippen molar-refractivity contribution in [2.45, 2.75) is 58.0 Å². The number of carbonyl (C=O) groups excluding carboxylic acids is 1. The number of aromatic nitrogens is 3. The standard InChI is InChI=1S/C24H28N4O2/c1-15(24-11-16-8-17(12-24)10-18(9-16)13-24)26-21(29)14-28-22-19(4-2-6-25-22)27-7-3-5-20(27)23(28)30/h2-7,15-18H,8-14H2,1H3,(H,26,29)/t15-,16?,17?,18?,24?/m1/s1. The molecule has 1 N–H and O–H groups in total. The predicted molar refractivity (Wildman–Crippen MR) is 115 cm³/mol. The van der Waals surface area contributed by atoms with E-state index in [2.05, 4.69) is 17.2 Å². The highest BCUT2D eigenvalue weighted by molar-refractivity contribution is 5.80. The molecule has 0 unspecified atom stereocenters. The third kappa shape index (κ3) is 2.65. The predicted octanol–water partition coefficient (Wildman–Crippen LogP) is 3.37. The first-order chi connectivity index (χ1) is 14.5. The van der Waals surface area contributed by atoms with Gasteiger partial charge in [0.15, 0.2) is 5.65 Å². The van der Waals surface area contributed by atoms with E-state index >= 15 is 0 Å². The number of fused-ring (bicyclic) bond motifs is 3. The summed E-state index contributed by atoms with van der Waals surface area (Å²) in [6, 6.07) is 7.57. The van der Waals surface area contributed by atoms with Crippen LogP contribution in [0.4, 0.5) is 0 Å². The SMILES string of the molecule is C[C@@H](NC(=O)Cn1c(=O)c2cccn2c2cccnc21)C12CC3CC(CC(C3)C1)C2. The summed E-state index contributed by atoms with van der Waals surface area (Å²) in [6.45, 7) is 2.19. The molecule has 6 heteroatoms. The van der Waals surface area contributed by atoms with Crippen LogP contribution in [0.5, 0.6) is 0 Å². The fourth-order valence-electron chi connectivity index (χ4n) is 7.22. The minimum atomic E-state index is -0.177. The second-order valence-corrected chi connectivity index (χ2v) is 10.1. The smallest absolute Gasteiger partial charge is 0.276 e. The largest absolute Gasteiger partial charge is 0.352 e. The van der Waals surface area contributed by atoms with E-state index in [0.29, 0.717) is 11.2 Å². The Morgan fingerprint density at radius 3 is 2.50 bits per heavy atom. The fourth-order valence-corrected chi connectivity index (χ4v) is 7.22. The molecular weight excluding hydrogens is 376 g/mol. The molecule has 30 heavy (non-hydrogen) atoms. The number of pyridine rings is 1. The van der Waals surface area contributed by atoms with Crippen LogP contribution in [-0.2, 0) is 11.3 Å². The molecule has 1 atom stereocenters. The van der Waals surface area contributed by atoms with Gasteiger partial charge in [-0.05, 0) is 92.9 Å². The Balaban J connectivity index is 1.29. The summed E-state index contributed by atoms with van der Waals surface area (Å²) in [4.78, 5) is 30.6. The first-order valence-electron chi connectivity index (χ1n) is 11.3. The molecule has 7 rings (SSSR count). The van der Waals surface area contributed by atoms with Crippen LogP contribution < -0.4 is 10.9 Å². The zero-order chi connectivity index (χ0) is 20.5. The van der Waals surface area contributed by atoms with Crippen LogP contribution in [0.3, 0.4) is 0 Å². The Bertz CT molecular complexity index is 1170. The third-order valence-electron chi connectivity index (χ3n) is 8.18. The van der Waals surface area contributed by atoms with E-state index in [1.54, 1.807) is 12.3 Å². The van der Waals surface area contributed by atoms with Crippen molar-refractivity contribution in [1.82, 2.24) is 19.3 Å². The summed E-state index contributed by atoms with van der Waals surface area (Å²) in [5.41, 5.74) is 2.02. The number of hydrogen-bond acceptors (Lipinski definition) is 3. The van der Waals surface area contributed by atoms with E-state index in [4.69, 9.17) is 0 Å². The van der Waals surface area contributed by atoms with E-state index in [-0.39, 0.29) is 29.5 Å². The monoisotopic (exact) mass is 404 g/mol. The Kier molecular flexibility index (Phi) is 3.89. The van der Waals surface area contributed by atoms with Crippen LogP contribution in [0, 0.1) is 23.2 Å². The first kappa shape index (κ1) is 18.2. The molecule has 4 bridgehead atoms. The minimum Gasteiger partial charge on any atom is -0.352 e. The van der Waals surface area contributed by atoms with Crippen molar-refractivity contribution in [3.8, 4) is 0 Å². The van der Waals surface area contributed by atoms with Crippen LogP contribution in [-0.4, -0.2) is 25.9 Å². The summed E-state index contributed by atoms with van der Waals surface area (Å²) < 4.78 is 3.36. The fraction of sp³-hybridized carbons (Fsp3) is 0.542. The number of carbonyl (C=O) groups is 1. The van der Waals surface area contributed by atoms with Gasteiger partial charge in [0.2, 0.25) is 5.91 Å². The van der Waals surface area contributed by atoms with Gasteiger partial charge in [-0.15, -0.1) is 0 Å². The maximum atomic E-state index is 13.1. The molecule has 4 aliphatic carbocycles. The van der Waals surface area contributed by atoms with E-state index in [9.17, 15) is 9.59 Å². The number of hydrogen-bond donors (Lipinski definition) is 1. The highest BCUT2D eigenvalue weighted by Crippen LogP contribution is 2.61. The molecule has 0 saturated heterocycles. The Labute approximate surface area is 175 Å². The topological polar surface area (TPSA) is 68.4 Å². The molecule has 6 nitrogen and oxygen atoms in total. The summed E-state index contributed by atoms with van der Waals surface area (Å²) in [5.74, 6) is 2.46. The van der Waals surface area contributed by atoms with Gasteiger partial charge >= 0.3 is 0 Å². The van der Waals surface area contributed by atoms with Crippen LogP contribution in [0.1, 0.15) is 45.4 Å². The Morgan fingerprint density at radius 1 is 1.13 bits per heavy atom. The minimum absolute atomic E-state index is 0.00469. The number of rotatable bonds is 4. The lowest BCUT2D eigenvalue weighted by Crippen LogP contribution is -2.56. The number of amides is 1. The third-order valence-corrected chi connectivity index (χ3v) is 8.18. The van der Waals surface area contributed by atoms with E-state index in [1.165, 1.54) is 43.1 Å². The lowest BCUT2D eigenvalue weighted by molar-refractivity contribution is -0.126. The molecule has 3 heterocycles. The second-order valence-electron chi connectivity index (χ2n) is 10.1. The van der Waals surface area contributed by atoms with E-state index in [1.807, 2.05) is 28.8 Å². The zero-order valence-electron chi connectivity index (χ0n) is 17.4. The molecule has 4 saturated carbocycles. The molecule has 0 aliphatic heterocycles. The van der Waals surface area contributed by atoms with Crippen molar-refractivity contribution < 1.29 is 4.79 Å². The number of nitrogens with one attached hydrogen (secondary N) is 1. The second kappa shape index (κ2) is 6.43. The molecule has 0 radical (unpaired) electrons. The maximum Gasteiger partial charge on any atom is 0.276 e. The molecule has 3 aromatic heterocycles. The lowest BCUT2D eigenvalue weighted by Gasteiger charge is -2.59. The van der Waals surface area contributed by atoms with Gasteiger partial charge in [-0.3, -0.25) is 14.2 Å². The number of nitrogens with zero attached hydrogens (tertiary/aromatic N) is 3. The maximum absolute atomic E-state index is 13.1. The van der Waals surface area contributed by atoms with Crippen LogP contribution in [0.2, 0.25) is 0 Å².